The Bertz CT molecular complexity index is 565. The van der Waals surface area contributed by atoms with Crippen molar-refractivity contribution in [2.24, 2.45) is 0 Å². The zero-order chi connectivity index (χ0) is 13.3. The number of aromatic nitrogens is 3. The molecule has 0 atom stereocenters. The molecule has 4 nitrogen and oxygen atoms in total. The second-order valence-corrected chi connectivity index (χ2v) is 3.67. The molecule has 0 spiro atoms. The van der Waals surface area contributed by atoms with Gasteiger partial charge >= 0.3 is 6.18 Å². The summed E-state index contributed by atoms with van der Waals surface area (Å²) in [7, 11) is 0. The van der Waals surface area contributed by atoms with Crippen molar-refractivity contribution < 1.29 is 13.2 Å². The van der Waals surface area contributed by atoms with Gasteiger partial charge < -0.3 is 5.73 Å². The molecule has 2 aromatic rings. The van der Waals surface area contributed by atoms with Crippen molar-refractivity contribution in [3.8, 4) is 11.4 Å². The van der Waals surface area contributed by atoms with Gasteiger partial charge in [-0.15, -0.1) is 0 Å². The van der Waals surface area contributed by atoms with E-state index in [1.807, 2.05) is 0 Å². The van der Waals surface area contributed by atoms with Crippen LogP contribution in [0.4, 0.5) is 19.1 Å². The van der Waals surface area contributed by atoms with Gasteiger partial charge in [-0.25, -0.2) is 0 Å². The molecule has 1 aromatic heterocycles. The summed E-state index contributed by atoms with van der Waals surface area (Å²) >= 11 is 5.54. The highest BCUT2D eigenvalue weighted by Crippen LogP contribution is 2.35. The van der Waals surface area contributed by atoms with Gasteiger partial charge in [-0.2, -0.15) is 28.1 Å². The van der Waals surface area contributed by atoms with E-state index in [0.717, 1.165) is 6.07 Å². The first-order chi connectivity index (χ1) is 8.38. The number of halogens is 4. The van der Waals surface area contributed by atoms with Crippen LogP contribution in [0.3, 0.4) is 0 Å². The first kappa shape index (κ1) is 12.6. The molecule has 0 bridgehead atoms. The highest BCUT2D eigenvalue weighted by Gasteiger charge is 2.34. The number of nitrogens with two attached hydrogens (primary N) is 1. The fraction of sp³-hybridized carbons (Fsp3) is 0.100. The number of benzene rings is 1. The normalized spacial score (nSPS) is 11.6. The van der Waals surface area contributed by atoms with Gasteiger partial charge in [0.05, 0.1) is 5.56 Å². The second-order valence-electron chi connectivity index (χ2n) is 3.33. The van der Waals surface area contributed by atoms with Gasteiger partial charge in [0.25, 0.3) is 0 Å². The zero-order valence-corrected chi connectivity index (χ0v) is 9.50. The van der Waals surface area contributed by atoms with Gasteiger partial charge in [0, 0.05) is 5.56 Å². The molecule has 2 N–H and O–H groups in total. The van der Waals surface area contributed by atoms with Crippen LogP contribution in [0.25, 0.3) is 11.4 Å². The molecule has 94 valence electrons. The summed E-state index contributed by atoms with van der Waals surface area (Å²) in [6, 6.07) is 4.90. The summed E-state index contributed by atoms with van der Waals surface area (Å²) in [4.78, 5) is 10.8. The monoisotopic (exact) mass is 274 g/mol. The third-order valence-electron chi connectivity index (χ3n) is 2.10. The van der Waals surface area contributed by atoms with Crippen molar-refractivity contribution in [2.45, 2.75) is 6.18 Å². The first-order valence-corrected chi connectivity index (χ1v) is 5.09. The topological polar surface area (TPSA) is 64.7 Å². The van der Waals surface area contributed by atoms with E-state index in [1.54, 1.807) is 0 Å². The smallest absolute Gasteiger partial charge is 0.368 e. The Labute approximate surface area is 105 Å². The van der Waals surface area contributed by atoms with E-state index in [9.17, 15) is 13.2 Å². The molecule has 0 saturated heterocycles. The SMILES string of the molecule is Nc1nc(Cl)nc(-c2ccccc2C(F)(F)F)n1. The van der Waals surface area contributed by atoms with Crippen molar-refractivity contribution in [1.82, 2.24) is 15.0 Å². The van der Waals surface area contributed by atoms with Crippen LogP contribution in [0.2, 0.25) is 5.28 Å². The fourth-order valence-corrected chi connectivity index (χ4v) is 1.58. The quantitative estimate of drug-likeness (QED) is 0.868. The Morgan fingerprint density at radius 2 is 1.72 bits per heavy atom. The third kappa shape index (κ3) is 2.51. The standard InChI is InChI=1S/C10H6ClF3N4/c11-8-16-7(17-9(15)18-8)5-3-1-2-4-6(5)10(12,13)14/h1-4H,(H2,15,16,17,18). The number of anilines is 1. The maximum Gasteiger partial charge on any atom is 0.417 e. The fourth-order valence-electron chi connectivity index (χ4n) is 1.41. The Kier molecular flexibility index (Phi) is 3.08. The largest absolute Gasteiger partial charge is 0.417 e. The molecule has 0 radical (unpaired) electrons. The van der Waals surface area contributed by atoms with E-state index in [4.69, 9.17) is 17.3 Å². The minimum absolute atomic E-state index is 0.194. The Morgan fingerprint density at radius 3 is 2.33 bits per heavy atom. The van der Waals surface area contributed by atoms with Crippen molar-refractivity contribution in [1.29, 1.82) is 0 Å². The molecule has 0 unspecified atom stereocenters. The van der Waals surface area contributed by atoms with Crippen molar-refractivity contribution in [3.63, 3.8) is 0 Å². The summed E-state index contributed by atoms with van der Waals surface area (Å²) in [6.45, 7) is 0. The average molecular weight is 275 g/mol. The van der Waals surface area contributed by atoms with Crippen LogP contribution >= 0.6 is 11.6 Å². The van der Waals surface area contributed by atoms with E-state index in [0.29, 0.717) is 0 Å². The molecule has 1 heterocycles. The number of nitrogens with zero attached hydrogens (tertiary/aromatic N) is 3. The molecule has 0 aliphatic rings. The van der Waals surface area contributed by atoms with Crippen molar-refractivity contribution >= 4 is 17.5 Å². The summed E-state index contributed by atoms with van der Waals surface area (Å²) < 4.78 is 38.4. The summed E-state index contributed by atoms with van der Waals surface area (Å²) in [5.74, 6) is -0.442. The predicted octanol–water partition coefficient (Wildman–Crippen LogP) is 2.79. The minimum atomic E-state index is -4.51. The van der Waals surface area contributed by atoms with Crippen LogP contribution in [-0.4, -0.2) is 15.0 Å². The Balaban J connectivity index is 2.64. The lowest BCUT2D eigenvalue weighted by atomic mass is 10.1. The molecule has 2 rings (SSSR count). The number of hydrogen-bond donors (Lipinski definition) is 1. The summed E-state index contributed by atoms with van der Waals surface area (Å²) in [5.41, 5.74) is 4.28. The molecule has 0 aliphatic carbocycles. The number of hydrogen-bond acceptors (Lipinski definition) is 4. The summed E-state index contributed by atoms with van der Waals surface area (Å²) in [6.07, 6.45) is -4.51. The van der Waals surface area contributed by atoms with E-state index in [-0.39, 0.29) is 22.6 Å². The Hall–Kier alpha value is -1.89. The Morgan fingerprint density at radius 1 is 1.06 bits per heavy atom. The lowest BCUT2D eigenvalue weighted by molar-refractivity contribution is -0.137. The highest BCUT2D eigenvalue weighted by atomic mass is 35.5. The van der Waals surface area contributed by atoms with E-state index in [1.165, 1.54) is 18.2 Å². The van der Waals surface area contributed by atoms with Gasteiger partial charge in [0.15, 0.2) is 5.82 Å². The minimum Gasteiger partial charge on any atom is -0.368 e. The van der Waals surface area contributed by atoms with E-state index < -0.39 is 11.7 Å². The van der Waals surface area contributed by atoms with Gasteiger partial charge in [-0.1, -0.05) is 18.2 Å². The molecule has 0 saturated carbocycles. The molecular weight excluding hydrogens is 269 g/mol. The summed E-state index contributed by atoms with van der Waals surface area (Å²) in [5, 5.41) is -0.255. The zero-order valence-electron chi connectivity index (χ0n) is 8.74. The number of alkyl halides is 3. The van der Waals surface area contributed by atoms with Crippen LogP contribution in [0.15, 0.2) is 24.3 Å². The van der Waals surface area contributed by atoms with Crippen LogP contribution in [0.1, 0.15) is 5.56 Å². The molecule has 0 aliphatic heterocycles. The van der Waals surface area contributed by atoms with Crippen LogP contribution in [0, 0.1) is 0 Å². The van der Waals surface area contributed by atoms with Crippen molar-refractivity contribution in [3.05, 3.63) is 35.1 Å². The van der Waals surface area contributed by atoms with Crippen LogP contribution in [0.5, 0.6) is 0 Å². The maximum atomic E-state index is 12.8. The molecule has 8 heteroatoms. The molecule has 18 heavy (non-hydrogen) atoms. The number of rotatable bonds is 1. The van der Waals surface area contributed by atoms with E-state index >= 15 is 0 Å². The lowest BCUT2D eigenvalue weighted by Gasteiger charge is -2.11. The lowest BCUT2D eigenvalue weighted by Crippen LogP contribution is -2.09. The van der Waals surface area contributed by atoms with Crippen LogP contribution < -0.4 is 5.73 Å². The third-order valence-corrected chi connectivity index (χ3v) is 2.27. The molecule has 0 fully saturated rings. The number of nitrogen functional groups attached to an aromatic ring is 1. The van der Waals surface area contributed by atoms with E-state index in [2.05, 4.69) is 15.0 Å². The van der Waals surface area contributed by atoms with Gasteiger partial charge in [0.2, 0.25) is 11.2 Å². The predicted molar refractivity (Wildman–Crippen MR) is 59.7 cm³/mol. The molecule has 0 amide bonds. The molecular formula is C10H6ClF3N4. The second kappa shape index (κ2) is 4.41. The average Bonchev–Trinajstić information content (AvgIpc) is 2.26. The first-order valence-electron chi connectivity index (χ1n) is 4.71. The van der Waals surface area contributed by atoms with Gasteiger partial charge in [0.1, 0.15) is 0 Å². The van der Waals surface area contributed by atoms with Crippen LogP contribution in [-0.2, 0) is 6.18 Å². The highest BCUT2D eigenvalue weighted by molar-refractivity contribution is 6.28. The van der Waals surface area contributed by atoms with Gasteiger partial charge in [-0.3, -0.25) is 0 Å². The molecule has 1 aromatic carbocycles. The maximum absolute atomic E-state index is 12.8. The van der Waals surface area contributed by atoms with Gasteiger partial charge in [-0.05, 0) is 17.7 Å². The van der Waals surface area contributed by atoms with Crippen molar-refractivity contribution in [2.75, 3.05) is 5.73 Å².